The van der Waals surface area contributed by atoms with Crippen molar-refractivity contribution >= 4 is 40.4 Å². The smallest absolute Gasteiger partial charge is 0.157 e. The van der Waals surface area contributed by atoms with Gasteiger partial charge < -0.3 is 4.42 Å². The van der Waals surface area contributed by atoms with Gasteiger partial charge in [-0.15, -0.1) is 0 Å². The van der Waals surface area contributed by atoms with Gasteiger partial charge in [0.2, 0.25) is 0 Å². The van der Waals surface area contributed by atoms with E-state index in [0.717, 1.165) is 11.3 Å². The molecule has 0 bridgehead atoms. The molecule has 0 amide bonds. The van der Waals surface area contributed by atoms with Crippen LogP contribution in [0.4, 0.5) is 0 Å². The lowest BCUT2D eigenvalue weighted by atomic mass is 9.67. The lowest BCUT2D eigenvalue weighted by Gasteiger charge is -2.38. The van der Waals surface area contributed by atoms with Crippen molar-refractivity contribution in [1.29, 1.82) is 0 Å². The quantitative estimate of drug-likeness (QED) is 0.265. The number of hydrogen-bond acceptors (Lipinski definition) is 2. The van der Waals surface area contributed by atoms with Crippen LogP contribution >= 0.6 is 0 Å². The Balaban J connectivity index is 1.78. The normalized spacial score (nSPS) is 14.7. The Kier molecular flexibility index (Phi) is 4.50. The Bertz CT molecular complexity index is 1570. The van der Waals surface area contributed by atoms with Gasteiger partial charge in [0.25, 0.3) is 0 Å². The monoisotopic (exact) mass is 461 g/mol. The minimum atomic E-state index is -2.10. The Hall–Kier alpha value is -3.17. The van der Waals surface area contributed by atoms with Crippen LogP contribution in [0.1, 0.15) is 50.3 Å². The summed E-state index contributed by atoms with van der Waals surface area (Å²) in [6.07, 6.45) is 1.91. The zero-order valence-corrected chi connectivity index (χ0v) is 21.9. The Morgan fingerprint density at radius 3 is 2.32 bits per heavy atom. The van der Waals surface area contributed by atoms with Crippen LogP contribution in [-0.4, -0.2) is 13.1 Å². The molecule has 0 fully saturated rings. The summed E-state index contributed by atoms with van der Waals surface area (Å²) < 4.78 is 6.82. The number of rotatable bonds is 3. The average Bonchev–Trinajstić information content (AvgIpc) is 3.24. The van der Waals surface area contributed by atoms with Crippen molar-refractivity contribution in [2.75, 3.05) is 0 Å². The first-order chi connectivity index (χ1) is 16.2. The van der Waals surface area contributed by atoms with E-state index in [9.17, 15) is 0 Å². The van der Waals surface area contributed by atoms with Gasteiger partial charge in [0, 0.05) is 22.7 Å². The summed E-state index contributed by atoms with van der Waals surface area (Å²) in [6, 6.07) is 24.1. The Morgan fingerprint density at radius 2 is 1.59 bits per heavy atom. The van der Waals surface area contributed by atoms with E-state index >= 15 is 0 Å². The van der Waals surface area contributed by atoms with Gasteiger partial charge in [-0.3, -0.25) is 4.98 Å². The average molecular weight is 462 g/mol. The molecule has 3 aromatic carbocycles. The fourth-order valence-electron chi connectivity index (χ4n) is 6.23. The number of fused-ring (bicyclic) bond motifs is 3. The third kappa shape index (κ3) is 2.77. The third-order valence-electron chi connectivity index (χ3n) is 7.84. The van der Waals surface area contributed by atoms with Gasteiger partial charge in [0.05, 0.1) is 16.5 Å². The molecule has 0 saturated carbocycles. The second kappa shape index (κ2) is 7.16. The number of furan rings is 1. The molecule has 170 valence electrons. The molecule has 2 nitrogen and oxygen atoms in total. The molecule has 5 aromatic rings. The van der Waals surface area contributed by atoms with Gasteiger partial charge in [0.1, 0.15) is 5.58 Å². The van der Waals surface area contributed by atoms with Crippen LogP contribution in [0, 0.1) is 0 Å². The molecule has 0 atom stereocenters. The maximum atomic E-state index is 6.82. The highest BCUT2D eigenvalue weighted by molar-refractivity contribution is 7.00. The van der Waals surface area contributed by atoms with E-state index < -0.39 is 8.07 Å². The molecule has 3 heteroatoms. The molecular formula is C31H31NOSi. The van der Waals surface area contributed by atoms with Gasteiger partial charge in [-0.1, -0.05) is 101 Å². The molecule has 0 spiro atoms. The molecule has 0 N–H and O–H groups in total. The molecule has 1 aliphatic rings. The van der Waals surface area contributed by atoms with Gasteiger partial charge in [0.15, 0.2) is 8.07 Å². The van der Waals surface area contributed by atoms with Gasteiger partial charge in [-0.25, -0.2) is 0 Å². The largest absolute Gasteiger partial charge is 0.465 e. The fourth-order valence-corrected chi connectivity index (χ4v) is 8.95. The fraction of sp³-hybridized carbons (Fsp3) is 0.258. The van der Waals surface area contributed by atoms with Crippen molar-refractivity contribution in [3.63, 3.8) is 0 Å². The second-order valence-corrected chi connectivity index (χ2v) is 15.3. The summed E-state index contributed by atoms with van der Waals surface area (Å²) in [4.78, 5) is 4.98. The van der Waals surface area contributed by atoms with E-state index in [1.165, 1.54) is 49.0 Å². The minimum Gasteiger partial charge on any atom is -0.465 e. The maximum absolute atomic E-state index is 6.82. The van der Waals surface area contributed by atoms with E-state index in [-0.39, 0.29) is 5.41 Å². The zero-order valence-electron chi connectivity index (χ0n) is 20.9. The highest BCUT2D eigenvalue weighted by Gasteiger charge is 2.45. The summed E-state index contributed by atoms with van der Waals surface area (Å²) in [7, 11) is -2.10. The first kappa shape index (κ1) is 21.4. The molecule has 0 unspecified atom stereocenters. The van der Waals surface area contributed by atoms with Crippen molar-refractivity contribution in [1.82, 2.24) is 4.98 Å². The minimum absolute atomic E-state index is 0.200. The maximum Gasteiger partial charge on any atom is 0.157 e. The lowest BCUT2D eigenvalue weighted by molar-refractivity contribution is 0.602. The summed E-state index contributed by atoms with van der Waals surface area (Å²) in [5, 5.41) is 6.41. The summed E-state index contributed by atoms with van der Waals surface area (Å²) in [5.74, 6) is 0.398. The number of benzene rings is 3. The third-order valence-corrected chi connectivity index (χ3v) is 11.1. The zero-order chi connectivity index (χ0) is 23.8. The molecule has 0 radical (unpaired) electrons. The van der Waals surface area contributed by atoms with Crippen LogP contribution in [0.25, 0.3) is 33.0 Å². The van der Waals surface area contributed by atoms with Crippen LogP contribution in [0.3, 0.4) is 0 Å². The van der Waals surface area contributed by atoms with E-state index in [2.05, 4.69) is 101 Å². The number of aromatic nitrogens is 1. The molecule has 2 aromatic heterocycles. The standard InChI is InChI=1S/C31H31NOSi/c1-19(2)25-22-15-11-10-12-20(22)18-23-27(25)31(3,4)28-26-24(16-17-32-29(23)26)33-30(28)34(5,6)21-13-8-7-9-14-21/h7-19H,1-6H3. The highest BCUT2D eigenvalue weighted by atomic mass is 28.3. The molecule has 34 heavy (non-hydrogen) atoms. The molecular weight excluding hydrogens is 430 g/mol. The molecule has 0 saturated heterocycles. The van der Waals surface area contributed by atoms with Gasteiger partial charge in [-0.05, 0) is 39.9 Å². The summed E-state index contributed by atoms with van der Waals surface area (Å²) in [6.45, 7) is 14.3. The highest BCUT2D eigenvalue weighted by Crippen LogP contribution is 2.52. The lowest BCUT2D eigenvalue weighted by Crippen LogP contribution is -2.55. The van der Waals surface area contributed by atoms with E-state index in [1.54, 1.807) is 0 Å². The van der Waals surface area contributed by atoms with E-state index in [4.69, 9.17) is 9.40 Å². The summed E-state index contributed by atoms with van der Waals surface area (Å²) in [5.41, 5.74) is 7.29. The van der Waals surface area contributed by atoms with Crippen LogP contribution in [0.15, 0.2) is 77.3 Å². The number of hydrogen-bond donors (Lipinski definition) is 0. The number of nitrogens with zero attached hydrogens (tertiary/aromatic N) is 1. The first-order valence-electron chi connectivity index (χ1n) is 12.3. The van der Waals surface area contributed by atoms with Crippen molar-refractivity contribution < 1.29 is 4.42 Å². The van der Waals surface area contributed by atoms with Crippen molar-refractivity contribution in [3.8, 4) is 11.3 Å². The van der Waals surface area contributed by atoms with Crippen molar-refractivity contribution in [2.24, 2.45) is 0 Å². The van der Waals surface area contributed by atoms with Crippen LogP contribution < -0.4 is 10.6 Å². The van der Waals surface area contributed by atoms with Gasteiger partial charge >= 0.3 is 0 Å². The Morgan fingerprint density at radius 1 is 0.882 bits per heavy atom. The molecule has 6 rings (SSSR count). The van der Waals surface area contributed by atoms with Gasteiger partial charge in [-0.2, -0.15) is 0 Å². The molecule has 1 aliphatic carbocycles. The SMILES string of the molecule is CC(C)c1c2c(cc3ccccc13)-c1nccc3oc([Si](C)(C)c4ccccc4)c(c13)C2(C)C. The topological polar surface area (TPSA) is 26.0 Å². The Labute approximate surface area is 202 Å². The van der Waals surface area contributed by atoms with Crippen molar-refractivity contribution in [2.45, 2.75) is 52.1 Å². The van der Waals surface area contributed by atoms with E-state index in [1.807, 2.05) is 12.3 Å². The van der Waals surface area contributed by atoms with E-state index in [0.29, 0.717) is 5.92 Å². The van der Waals surface area contributed by atoms with Crippen molar-refractivity contribution in [3.05, 3.63) is 89.6 Å². The summed E-state index contributed by atoms with van der Waals surface area (Å²) >= 11 is 0. The second-order valence-electron chi connectivity index (χ2n) is 11.0. The predicted octanol–water partition coefficient (Wildman–Crippen LogP) is 7.23. The van der Waals surface area contributed by atoms with Crippen LogP contribution in [0.2, 0.25) is 13.1 Å². The van der Waals surface area contributed by atoms with Crippen LogP contribution in [0.5, 0.6) is 0 Å². The van der Waals surface area contributed by atoms with Crippen LogP contribution in [-0.2, 0) is 5.41 Å². The predicted molar refractivity (Wildman–Crippen MR) is 146 cm³/mol. The first-order valence-corrected chi connectivity index (χ1v) is 15.3. The molecule has 0 aliphatic heterocycles. The molecule has 2 heterocycles. The number of pyridine rings is 1.